The molecule has 4 rings (SSSR count). The van der Waals surface area contributed by atoms with Gasteiger partial charge in [-0.3, -0.25) is 9.36 Å². The molecule has 2 N–H and O–H groups in total. The molecule has 176 valence electrons. The molecule has 2 unspecified atom stereocenters. The van der Waals surface area contributed by atoms with E-state index in [1.165, 1.54) is 5.56 Å². The highest BCUT2D eigenvalue weighted by Gasteiger charge is 2.16. The van der Waals surface area contributed by atoms with Crippen molar-refractivity contribution in [1.82, 2.24) is 14.9 Å². The molecular formula is C28H31N3O3. The van der Waals surface area contributed by atoms with Crippen LogP contribution in [0.4, 0.5) is 0 Å². The summed E-state index contributed by atoms with van der Waals surface area (Å²) in [4.78, 5) is 16.9. The molecule has 6 nitrogen and oxygen atoms in total. The van der Waals surface area contributed by atoms with E-state index >= 15 is 0 Å². The van der Waals surface area contributed by atoms with E-state index in [1.54, 1.807) is 17.0 Å². The Kier molecular flexibility index (Phi) is 7.72. The van der Waals surface area contributed by atoms with Gasteiger partial charge in [-0.25, -0.2) is 4.98 Å². The Hall–Kier alpha value is -3.48. The fraction of sp³-hybridized carbons (Fsp3) is 0.286. The predicted molar refractivity (Wildman–Crippen MR) is 135 cm³/mol. The van der Waals surface area contributed by atoms with Crippen molar-refractivity contribution >= 4 is 10.9 Å². The van der Waals surface area contributed by atoms with Gasteiger partial charge >= 0.3 is 0 Å². The molecule has 1 heterocycles. The lowest BCUT2D eigenvalue weighted by Crippen LogP contribution is -2.33. The Balaban J connectivity index is 1.24. The highest BCUT2D eigenvalue weighted by atomic mass is 16.5. The Labute approximate surface area is 199 Å². The molecule has 2 atom stereocenters. The first kappa shape index (κ1) is 23.7. The third-order valence-electron chi connectivity index (χ3n) is 5.96. The molecule has 6 heteroatoms. The van der Waals surface area contributed by atoms with Gasteiger partial charge in [0.1, 0.15) is 12.4 Å². The molecule has 0 aliphatic rings. The highest BCUT2D eigenvalue weighted by Crippen LogP contribution is 2.21. The molecule has 3 aromatic carbocycles. The number of aryl methyl sites for hydroxylation is 2. The van der Waals surface area contributed by atoms with Crippen LogP contribution in [0.15, 0.2) is 83.9 Å². The van der Waals surface area contributed by atoms with Crippen molar-refractivity contribution in [2.75, 3.05) is 6.54 Å². The number of hydrogen-bond donors (Lipinski definition) is 2. The van der Waals surface area contributed by atoms with Gasteiger partial charge in [0.15, 0.2) is 0 Å². The van der Waals surface area contributed by atoms with Crippen LogP contribution in [0.1, 0.15) is 36.1 Å². The fourth-order valence-electron chi connectivity index (χ4n) is 3.97. The molecule has 34 heavy (non-hydrogen) atoms. The van der Waals surface area contributed by atoms with Crippen LogP contribution < -0.4 is 15.6 Å². The standard InChI is InChI=1S/C28H31N3O3/c1-20-7-5-8-22(17-20)18-34-24-13-11-23(12-14-24)27(32)21(2)29-15-6-16-31-19-30-26-10-4-3-9-25(26)28(31)33/h3-5,7-14,17,19,21,27,29,32H,6,15-16,18H2,1-2H3. The number of aliphatic hydroxyl groups excluding tert-OH is 1. The molecule has 0 bridgehead atoms. The number of fused-ring (bicyclic) bond motifs is 1. The normalized spacial score (nSPS) is 13.0. The maximum Gasteiger partial charge on any atom is 0.261 e. The van der Waals surface area contributed by atoms with Crippen molar-refractivity contribution in [3.05, 3.63) is 106 Å². The van der Waals surface area contributed by atoms with Crippen LogP contribution in [-0.2, 0) is 13.2 Å². The van der Waals surface area contributed by atoms with Crippen LogP contribution >= 0.6 is 0 Å². The summed E-state index contributed by atoms with van der Waals surface area (Å²) in [5.74, 6) is 0.771. The first-order valence-corrected chi connectivity index (χ1v) is 11.7. The zero-order chi connectivity index (χ0) is 23.9. The van der Waals surface area contributed by atoms with E-state index in [9.17, 15) is 9.90 Å². The maximum absolute atomic E-state index is 12.6. The molecule has 0 aliphatic heterocycles. The molecule has 0 aliphatic carbocycles. The molecule has 4 aromatic rings. The summed E-state index contributed by atoms with van der Waals surface area (Å²) >= 11 is 0. The monoisotopic (exact) mass is 457 g/mol. The van der Waals surface area contributed by atoms with E-state index in [0.717, 1.165) is 23.3 Å². The van der Waals surface area contributed by atoms with Crippen LogP contribution in [-0.4, -0.2) is 27.2 Å². The van der Waals surface area contributed by atoms with Crippen molar-refractivity contribution < 1.29 is 9.84 Å². The molecule has 0 radical (unpaired) electrons. The molecule has 0 saturated heterocycles. The number of hydrogen-bond acceptors (Lipinski definition) is 5. The number of benzene rings is 3. The van der Waals surface area contributed by atoms with Gasteiger partial charge in [0.25, 0.3) is 5.56 Å². The Bertz CT molecular complexity index is 1280. The van der Waals surface area contributed by atoms with E-state index in [4.69, 9.17) is 4.74 Å². The average molecular weight is 458 g/mol. The van der Waals surface area contributed by atoms with E-state index in [-0.39, 0.29) is 11.6 Å². The molecule has 0 fully saturated rings. The van der Waals surface area contributed by atoms with Crippen LogP contribution in [0.2, 0.25) is 0 Å². The van der Waals surface area contributed by atoms with Crippen molar-refractivity contribution in [1.29, 1.82) is 0 Å². The van der Waals surface area contributed by atoms with Gasteiger partial charge in [0.05, 0.1) is 23.3 Å². The number of rotatable bonds is 10. The third kappa shape index (κ3) is 5.90. The lowest BCUT2D eigenvalue weighted by atomic mass is 10.0. The summed E-state index contributed by atoms with van der Waals surface area (Å²) in [7, 11) is 0. The zero-order valence-electron chi connectivity index (χ0n) is 19.6. The fourth-order valence-corrected chi connectivity index (χ4v) is 3.97. The van der Waals surface area contributed by atoms with Gasteiger partial charge in [0.2, 0.25) is 0 Å². The van der Waals surface area contributed by atoms with Crippen LogP contribution in [0.3, 0.4) is 0 Å². The number of aliphatic hydroxyl groups is 1. The van der Waals surface area contributed by atoms with E-state index in [2.05, 4.69) is 29.4 Å². The minimum Gasteiger partial charge on any atom is -0.489 e. The molecule has 0 amide bonds. The summed E-state index contributed by atoms with van der Waals surface area (Å²) in [6.45, 7) is 5.78. The second kappa shape index (κ2) is 11.1. The van der Waals surface area contributed by atoms with E-state index in [1.807, 2.05) is 61.5 Å². The van der Waals surface area contributed by atoms with Crippen molar-refractivity contribution in [3.63, 3.8) is 0 Å². The van der Waals surface area contributed by atoms with E-state index in [0.29, 0.717) is 30.6 Å². The van der Waals surface area contributed by atoms with Crippen LogP contribution in [0, 0.1) is 6.92 Å². The number of ether oxygens (including phenoxy) is 1. The lowest BCUT2D eigenvalue weighted by Gasteiger charge is -2.21. The average Bonchev–Trinajstić information content (AvgIpc) is 2.86. The number of nitrogens with one attached hydrogen (secondary N) is 1. The predicted octanol–water partition coefficient (Wildman–Crippen LogP) is 4.39. The summed E-state index contributed by atoms with van der Waals surface area (Å²) in [6.07, 6.45) is 1.71. The smallest absolute Gasteiger partial charge is 0.261 e. The first-order chi connectivity index (χ1) is 16.5. The molecule has 0 saturated carbocycles. The molecular weight excluding hydrogens is 426 g/mol. The highest BCUT2D eigenvalue weighted by molar-refractivity contribution is 5.76. The molecule has 1 aromatic heterocycles. The SMILES string of the molecule is Cc1cccc(COc2ccc(C(O)C(C)NCCCn3cnc4ccccc4c3=O)cc2)c1. The summed E-state index contributed by atoms with van der Waals surface area (Å²) < 4.78 is 7.51. The van der Waals surface area contributed by atoms with E-state index < -0.39 is 6.10 Å². The largest absolute Gasteiger partial charge is 0.489 e. The minimum atomic E-state index is -0.643. The van der Waals surface area contributed by atoms with Gasteiger partial charge in [0, 0.05) is 12.6 Å². The van der Waals surface area contributed by atoms with Gasteiger partial charge in [-0.2, -0.15) is 0 Å². The van der Waals surface area contributed by atoms with Crippen LogP contribution in [0.25, 0.3) is 10.9 Å². The van der Waals surface area contributed by atoms with Crippen LogP contribution in [0.5, 0.6) is 5.75 Å². The van der Waals surface area contributed by atoms with Gasteiger partial charge in [-0.15, -0.1) is 0 Å². The molecule has 0 spiro atoms. The van der Waals surface area contributed by atoms with Crippen molar-refractivity contribution in [2.45, 2.75) is 45.6 Å². The summed E-state index contributed by atoms with van der Waals surface area (Å²) in [5.41, 5.74) is 3.86. The maximum atomic E-state index is 12.6. The number of para-hydroxylation sites is 1. The minimum absolute atomic E-state index is 0.0246. The number of nitrogens with zero attached hydrogens (tertiary/aromatic N) is 2. The topological polar surface area (TPSA) is 76.4 Å². The summed E-state index contributed by atoms with van der Waals surface area (Å²) in [6, 6.07) is 23.1. The second-order valence-corrected chi connectivity index (χ2v) is 8.65. The Morgan fingerprint density at radius 1 is 1.06 bits per heavy atom. The van der Waals surface area contributed by atoms with Gasteiger partial charge < -0.3 is 15.2 Å². The first-order valence-electron chi connectivity index (χ1n) is 11.7. The lowest BCUT2D eigenvalue weighted by molar-refractivity contribution is 0.135. The van der Waals surface area contributed by atoms with Gasteiger partial charge in [-0.05, 0) is 62.2 Å². The second-order valence-electron chi connectivity index (χ2n) is 8.65. The Morgan fingerprint density at radius 2 is 1.85 bits per heavy atom. The van der Waals surface area contributed by atoms with Crippen molar-refractivity contribution in [3.8, 4) is 5.75 Å². The van der Waals surface area contributed by atoms with Crippen molar-refractivity contribution in [2.24, 2.45) is 0 Å². The van der Waals surface area contributed by atoms with Gasteiger partial charge in [-0.1, -0.05) is 54.1 Å². The zero-order valence-corrected chi connectivity index (χ0v) is 19.6. The summed E-state index contributed by atoms with van der Waals surface area (Å²) in [5, 5.41) is 14.7. The third-order valence-corrected chi connectivity index (χ3v) is 5.96. The Morgan fingerprint density at radius 3 is 2.65 bits per heavy atom. The number of aromatic nitrogens is 2. The quantitative estimate of drug-likeness (QED) is 0.346.